The van der Waals surface area contributed by atoms with Gasteiger partial charge in [0.15, 0.2) is 17.5 Å². The predicted molar refractivity (Wildman–Crippen MR) is 48.7 cm³/mol. The summed E-state index contributed by atoms with van der Waals surface area (Å²) in [6.45, 7) is 0. The molecule has 1 N–H and O–H groups in total. The molecule has 90 valence electrons. The first kappa shape index (κ1) is 13.0. The van der Waals surface area contributed by atoms with Gasteiger partial charge in [-0.1, -0.05) is 0 Å². The first-order valence-corrected chi connectivity index (χ1v) is 4.09. The van der Waals surface area contributed by atoms with Crippen LogP contribution in [0.2, 0.25) is 0 Å². The number of benzene rings is 1. The lowest BCUT2D eigenvalue weighted by Gasteiger charge is -2.10. The van der Waals surface area contributed by atoms with Crippen molar-refractivity contribution in [2.45, 2.75) is 5.92 Å². The summed E-state index contributed by atoms with van der Waals surface area (Å²) in [5.41, 5.74) is -0.665. The van der Waals surface area contributed by atoms with Crippen LogP contribution in [0.15, 0.2) is 12.1 Å². The second kappa shape index (κ2) is 4.41. The molecule has 0 bridgehead atoms. The summed E-state index contributed by atoms with van der Waals surface area (Å²) in [4.78, 5) is 10.8. The van der Waals surface area contributed by atoms with Gasteiger partial charge in [-0.2, -0.15) is 8.78 Å². The fourth-order valence-electron chi connectivity index (χ4n) is 0.903. The Kier molecular flexibility index (Phi) is 3.36. The summed E-state index contributed by atoms with van der Waals surface area (Å²) in [5.74, 6) is -10.2. The number of amides is 1. The summed E-state index contributed by atoms with van der Waals surface area (Å²) < 4.78 is 63.1. The summed E-state index contributed by atoms with van der Waals surface area (Å²) in [6.07, 6.45) is 4.38. The normalized spacial score (nSPS) is 10.8. The maximum atomic E-state index is 12.7. The molecular formula is C10H4F5NO. The molecule has 0 spiro atoms. The van der Waals surface area contributed by atoms with E-state index in [2.05, 4.69) is 6.42 Å². The van der Waals surface area contributed by atoms with Crippen molar-refractivity contribution in [3.63, 3.8) is 0 Å². The number of halogens is 5. The van der Waals surface area contributed by atoms with Crippen molar-refractivity contribution in [1.29, 1.82) is 0 Å². The molecule has 0 saturated heterocycles. The molecular weight excluding hydrogens is 245 g/mol. The van der Waals surface area contributed by atoms with Crippen LogP contribution in [0.3, 0.4) is 0 Å². The molecule has 0 unspecified atom stereocenters. The largest absolute Gasteiger partial charge is 0.384 e. The summed E-state index contributed by atoms with van der Waals surface area (Å²) in [5, 5.41) is 1.46. The lowest BCUT2D eigenvalue weighted by Crippen LogP contribution is -2.33. The quantitative estimate of drug-likeness (QED) is 0.486. The predicted octanol–water partition coefficient (Wildman–Crippen LogP) is 2.31. The second-order valence-electron chi connectivity index (χ2n) is 2.93. The van der Waals surface area contributed by atoms with Gasteiger partial charge in [-0.05, 0) is 5.92 Å². The van der Waals surface area contributed by atoms with E-state index in [0.29, 0.717) is 12.1 Å². The van der Waals surface area contributed by atoms with E-state index in [-0.39, 0.29) is 0 Å². The van der Waals surface area contributed by atoms with Gasteiger partial charge in [-0.3, -0.25) is 4.79 Å². The first-order valence-electron chi connectivity index (χ1n) is 4.09. The van der Waals surface area contributed by atoms with Crippen LogP contribution >= 0.6 is 0 Å². The van der Waals surface area contributed by atoms with E-state index >= 15 is 0 Å². The molecule has 1 aromatic carbocycles. The Morgan fingerprint density at radius 3 is 2.12 bits per heavy atom. The smallest absolute Gasteiger partial charge is 0.320 e. The number of hydrogen-bond donors (Lipinski definition) is 1. The molecule has 0 aliphatic carbocycles. The molecule has 0 saturated carbocycles. The maximum Gasteiger partial charge on any atom is 0.384 e. The van der Waals surface area contributed by atoms with E-state index in [1.54, 1.807) is 0 Å². The van der Waals surface area contributed by atoms with E-state index in [4.69, 9.17) is 0 Å². The van der Waals surface area contributed by atoms with Crippen LogP contribution in [0.25, 0.3) is 0 Å². The Hall–Kier alpha value is -2.10. The number of hydrogen-bond acceptors (Lipinski definition) is 1. The lowest BCUT2D eigenvalue weighted by atomic mass is 10.2. The van der Waals surface area contributed by atoms with Crippen molar-refractivity contribution in [2.24, 2.45) is 0 Å². The van der Waals surface area contributed by atoms with E-state index < -0.39 is 35.0 Å². The van der Waals surface area contributed by atoms with E-state index in [1.807, 2.05) is 0 Å². The molecule has 0 radical (unpaired) electrons. The molecule has 0 aliphatic heterocycles. The standard InChI is InChI=1S/C10H4F5NO/c1-2-10(14,15)9(17)16-5-3-6(11)8(13)7(12)4-5/h1,3-4H,(H,16,17). The Morgan fingerprint density at radius 2 is 1.71 bits per heavy atom. The van der Waals surface area contributed by atoms with E-state index in [1.165, 1.54) is 5.32 Å². The van der Waals surface area contributed by atoms with Crippen molar-refractivity contribution in [3.05, 3.63) is 29.6 Å². The van der Waals surface area contributed by atoms with Gasteiger partial charge in [-0.25, -0.2) is 13.2 Å². The number of anilines is 1. The van der Waals surface area contributed by atoms with Crippen molar-refractivity contribution in [2.75, 3.05) is 5.32 Å². The highest BCUT2D eigenvalue weighted by molar-refractivity contribution is 5.98. The zero-order chi connectivity index (χ0) is 13.2. The molecule has 0 aliphatic rings. The molecule has 7 heteroatoms. The Labute approximate surface area is 92.4 Å². The Bertz CT molecular complexity index is 483. The lowest BCUT2D eigenvalue weighted by molar-refractivity contribution is -0.132. The summed E-state index contributed by atoms with van der Waals surface area (Å²) >= 11 is 0. The number of rotatable bonds is 2. The molecule has 1 aromatic rings. The minimum absolute atomic E-state index is 0.350. The van der Waals surface area contributed by atoms with Gasteiger partial charge < -0.3 is 5.32 Å². The minimum Gasteiger partial charge on any atom is -0.320 e. The minimum atomic E-state index is -4.12. The third kappa shape index (κ3) is 2.72. The molecule has 0 aromatic heterocycles. The van der Waals surface area contributed by atoms with Gasteiger partial charge in [0.1, 0.15) is 0 Å². The summed E-state index contributed by atoms with van der Waals surface area (Å²) in [7, 11) is 0. The van der Waals surface area contributed by atoms with Crippen molar-refractivity contribution in [3.8, 4) is 12.3 Å². The average Bonchev–Trinajstić information content (AvgIpc) is 2.25. The number of nitrogens with one attached hydrogen (secondary N) is 1. The van der Waals surface area contributed by atoms with Gasteiger partial charge >= 0.3 is 11.8 Å². The highest BCUT2D eigenvalue weighted by Crippen LogP contribution is 2.20. The monoisotopic (exact) mass is 249 g/mol. The van der Waals surface area contributed by atoms with Crippen molar-refractivity contribution >= 4 is 11.6 Å². The molecule has 0 atom stereocenters. The van der Waals surface area contributed by atoms with Gasteiger partial charge in [0, 0.05) is 17.8 Å². The van der Waals surface area contributed by atoms with Gasteiger partial charge in [0.05, 0.1) is 0 Å². The van der Waals surface area contributed by atoms with Crippen LogP contribution in [0.1, 0.15) is 0 Å². The zero-order valence-corrected chi connectivity index (χ0v) is 8.03. The highest BCUT2D eigenvalue weighted by atomic mass is 19.3. The number of carbonyl (C=O) groups is 1. The molecule has 1 amide bonds. The zero-order valence-electron chi connectivity index (χ0n) is 8.03. The molecule has 0 heterocycles. The van der Waals surface area contributed by atoms with Crippen LogP contribution < -0.4 is 5.32 Å². The highest BCUT2D eigenvalue weighted by Gasteiger charge is 2.36. The van der Waals surface area contributed by atoms with Crippen molar-refractivity contribution < 1.29 is 26.7 Å². The van der Waals surface area contributed by atoms with Gasteiger partial charge in [-0.15, -0.1) is 6.42 Å². The van der Waals surface area contributed by atoms with Gasteiger partial charge in [0.25, 0.3) is 0 Å². The topological polar surface area (TPSA) is 29.1 Å². The first-order chi connectivity index (χ1) is 7.77. The number of alkyl halides is 2. The van der Waals surface area contributed by atoms with Crippen LogP contribution in [-0.4, -0.2) is 11.8 Å². The average molecular weight is 249 g/mol. The van der Waals surface area contributed by atoms with Crippen LogP contribution in [0.4, 0.5) is 27.6 Å². The second-order valence-corrected chi connectivity index (χ2v) is 2.93. The number of terminal acetylenes is 1. The molecule has 2 nitrogen and oxygen atoms in total. The Balaban J connectivity index is 2.99. The van der Waals surface area contributed by atoms with E-state index in [9.17, 15) is 26.7 Å². The number of carbonyl (C=O) groups excluding carboxylic acids is 1. The van der Waals surface area contributed by atoms with Crippen LogP contribution in [-0.2, 0) is 4.79 Å². The maximum absolute atomic E-state index is 12.7. The fourth-order valence-corrected chi connectivity index (χ4v) is 0.903. The fraction of sp³-hybridized carbons (Fsp3) is 0.100. The Morgan fingerprint density at radius 1 is 1.24 bits per heavy atom. The van der Waals surface area contributed by atoms with Gasteiger partial charge in [0.2, 0.25) is 0 Å². The third-order valence-corrected chi connectivity index (χ3v) is 1.71. The summed E-state index contributed by atoms with van der Waals surface area (Å²) in [6, 6.07) is 0.700. The SMILES string of the molecule is C#CC(F)(F)C(=O)Nc1cc(F)c(F)c(F)c1. The van der Waals surface area contributed by atoms with Crippen LogP contribution in [0, 0.1) is 29.8 Å². The van der Waals surface area contributed by atoms with E-state index in [0.717, 1.165) is 5.92 Å². The van der Waals surface area contributed by atoms with Crippen molar-refractivity contribution in [1.82, 2.24) is 0 Å². The molecule has 1 rings (SSSR count). The molecule has 17 heavy (non-hydrogen) atoms. The molecule has 0 fully saturated rings. The third-order valence-electron chi connectivity index (χ3n) is 1.71. The van der Waals surface area contributed by atoms with Crippen LogP contribution in [0.5, 0.6) is 0 Å².